The third kappa shape index (κ3) is 5.74. The predicted molar refractivity (Wildman–Crippen MR) is 148 cm³/mol. The molecule has 1 aliphatic heterocycles. The number of aryl methyl sites for hydroxylation is 2. The maximum absolute atomic E-state index is 13.7. The highest BCUT2D eigenvalue weighted by molar-refractivity contribution is 7.92. The third-order valence-corrected chi connectivity index (χ3v) is 8.76. The first-order chi connectivity index (χ1) is 18.1. The van der Waals surface area contributed by atoms with Crippen molar-refractivity contribution in [3.8, 4) is 0 Å². The van der Waals surface area contributed by atoms with E-state index in [9.17, 15) is 23.1 Å². The van der Waals surface area contributed by atoms with Gasteiger partial charge in [0.25, 0.3) is 10.0 Å². The minimum Gasteiger partial charge on any atom is -0.394 e. The number of sulfonamides is 1. The highest BCUT2D eigenvalue weighted by Crippen LogP contribution is 2.29. The standard InChI is InChI=1S/C29H33N3O5S/c1-20-7-14-26(15-8-20)38(36,37)31(27-6-4-5-21(2)22(27)3)18-28(34)30-17-23-9-11-24(12-10-23)32-25(19-33)13-16-29(32)35/h4-12,14-15,25,33H,13,16-19H2,1-3H3,(H,30,34). The molecule has 1 saturated heterocycles. The number of hydrogen-bond donors (Lipinski definition) is 2. The van der Waals surface area contributed by atoms with Gasteiger partial charge in [-0.15, -0.1) is 0 Å². The van der Waals surface area contributed by atoms with E-state index in [0.29, 0.717) is 24.2 Å². The van der Waals surface area contributed by atoms with Crippen LogP contribution in [0, 0.1) is 20.8 Å². The zero-order valence-corrected chi connectivity index (χ0v) is 22.7. The first-order valence-corrected chi connectivity index (χ1v) is 14.0. The van der Waals surface area contributed by atoms with E-state index in [2.05, 4.69) is 5.32 Å². The highest BCUT2D eigenvalue weighted by atomic mass is 32.2. The number of carbonyl (C=O) groups excluding carboxylic acids is 2. The molecule has 0 aliphatic carbocycles. The predicted octanol–water partition coefficient (Wildman–Crippen LogP) is 3.61. The summed E-state index contributed by atoms with van der Waals surface area (Å²) in [6.45, 7) is 5.35. The molecule has 4 rings (SSSR count). The van der Waals surface area contributed by atoms with Gasteiger partial charge in [0, 0.05) is 18.7 Å². The molecule has 2 amide bonds. The van der Waals surface area contributed by atoms with E-state index >= 15 is 0 Å². The topological polar surface area (TPSA) is 107 Å². The van der Waals surface area contributed by atoms with E-state index in [1.54, 1.807) is 65.6 Å². The molecule has 1 aliphatic rings. The lowest BCUT2D eigenvalue weighted by Gasteiger charge is -2.26. The van der Waals surface area contributed by atoms with Crippen molar-refractivity contribution < 1.29 is 23.1 Å². The molecule has 1 atom stereocenters. The van der Waals surface area contributed by atoms with Gasteiger partial charge in [0.05, 0.1) is 23.2 Å². The molecule has 8 nitrogen and oxygen atoms in total. The Balaban J connectivity index is 1.51. The van der Waals surface area contributed by atoms with Gasteiger partial charge >= 0.3 is 0 Å². The van der Waals surface area contributed by atoms with Crippen molar-refractivity contribution in [2.24, 2.45) is 0 Å². The van der Waals surface area contributed by atoms with Gasteiger partial charge in [-0.2, -0.15) is 0 Å². The minimum absolute atomic E-state index is 0.0218. The zero-order chi connectivity index (χ0) is 27.4. The number of nitrogens with zero attached hydrogens (tertiary/aromatic N) is 2. The Labute approximate surface area is 224 Å². The Morgan fingerprint density at radius 1 is 1.03 bits per heavy atom. The van der Waals surface area contributed by atoms with Gasteiger partial charge in [0.15, 0.2) is 0 Å². The number of anilines is 2. The molecule has 0 spiro atoms. The van der Waals surface area contributed by atoms with E-state index in [-0.39, 0.29) is 36.5 Å². The van der Waals surface area contributed by atoms with Crippen molar-refractivity contribution in [3.05, 3.63) is 89.0 Å². The Morgan fingerprint density at radius 3 is 2.37 bits per heavy atom. The van der Waals surface area contributed by atoms with Crippen LogP contribution in [0.2, 0.25) is 0 Å². The van der Waals surface area contributed by atoms with Crippen LogP contribution in [0.3, 0.4) is 0 Å². The van der Waals surface area contributed by atoms with Gasteiger partial charge in [-0.1, -0.05) is 42.0 Å². The lowest BCUT2D eigenvalue weighted by Crippen LogP contribution is -2.41. The fourth-order valence-corrected chi connectivity index (χ4v) is 6.05. The average molecular weight is 536 g/mol. The second kappa shape index (κ2) is 11.4. The lowest BCUT2D eigenvalue weighted by atomic mass is 10.1. The van der Waals surface area contributed by atoms with Crippen LogP contribution >= 0.6 is 0 Å². The second-order valence-electron chi connectivity index (χ2n) is 9.63. The van der Waals surface area contributed by atoms with Gasteiger partial charge < -0.3 is 15.3 Å². The quantitative estimate of drug-likeness (QED) is 0.435. The van der Waals surface area contributed by atoms with Crippen molar-refractivity contribution in [1.29, 1.82) is 0 Å². The number of carbonyl (C=O) groups is 2. The van der Waals surface area contributed by atoms with Crippen LogP contribution in [0.5, 0.6) is 0 Å². The summed E-state index contributed by atoms with van der Waals surface area (Å²) in [6, 6.07) is 18.9. The second-order valence-corrected chi connectivity index (χ2v) is 11.5. The molecule has 1 heterocycles. The molecule has 1 unspecified atom stereocenters. The summed E-state index contributed by atoms with van der Waals surface area (Å²) in [5, 5.41) is 12.4. The Kier molecular flexibility index (Phi) is 8.18. The summed E-state index contributed by atoms with van der Waals surface area (Å²) >= 11 is 0. The average Bonchev–Trinajstić information content (AvgIpc) is 3.28. The van der Waals surface area contributed by atoms with Gasteiger partial charge in [-0.3, -0.25) is 13.9 Å². The summed E-state index contributed by atoms with van der Waals surface area (Å²) < 4.78 is 28.5. The van der Waals surface area contributed by atoms with Gasteiger partial charge in [-0.25, -0.2) is 8.42 Å². The number of amides is 2. The number of benzene rings is 3. The summed E-state index contributed by atoms with van der Waals surface area (Å²) in [5.41, 5.74) is 4.60. The summed E-state index contributed by atoms with van der Waals surface area (Å²) in [4.78, 5) is 27.0. The molecule has 9 heteroatoms. The Hall–Kier alpha value is -3.69. The molecular formula is C29H33N3O5S. The summed E-state index contributed by atoms with van der Waals surface area (Å²) in [7, 11) is -4.00. The normalized spacial score (nSPS) is 15.5. The first kappa shape index (κ1) is 27.3. The molecule has 0 radical (unpaired) electrons. The maximum atomic E-state index is 13.7. The Bertz CT molecular complexity index is 1420. The van der Waals surface area contributed by atoms with Crippen molar-refractivity contribution >= 4 is 33.2 Å². The van der Waals surface area contributed by atoms with Gasteiger partial charge in [0.1, 0.15) is 6.54 Å². The zero-order valence-electron chi connectivity index (χ0n) is 21.8. The van der Waals surface area contributed by atoms with Crippen molar-refractivity contribution in [2.45, 2.75) is 51.1 Å². The summed E-state index contributed by atoms with van der Waals surface area (Å²) in [5.74, 6) is -0.466. The van der Waals surface area contributed by atoms with Crippen LogP contribution in [0.4, 0.5) is 11.4 Å². The number of hydrogen-bond acceptors (Lipinski definition) is 5. The van der Waals surface area contributed by atoms with Crippen molar-refractivity contribution in [3.63, 3.8) is 0 Å². The lowest BCUT2D eigenvalue weighted by molar-refractivity contribution is -0.120. The SMILES string of the molecule is Cc1ccc(S(=O)(=O)N(CC(=O)NCc2ccc(N3C(=O)CCC3CO)cc2)c2cccc(C)c2C)cc1. The summed E-state index contributed by atoms with van der Waals surface area (Å²) in [6.07, 6.45) is 1.03. The number of rotatable bonds is 9. The molecular weight excluding hydrogens is 502 g/mol. The molecule has 200 valence electrons. The van der Waals surface area contributed by atoms with Crippen LogP contribution in [-0.4, -0.2) is 44.5 Å². The fraction of sp³-hybridized carbons (Fsp3) is 0.310. The van der Waals surface area contributed by atoms with Crippen molar-refractivity contribution in [1.82, 2.24) is 5.32 Å². The molecule has 2 N–H and O–H groups in total. The number of aliphatic hydroxyl groups excluding tert-OH is 1. The first-order valence-electron chi connectivity index (χ1n) is 12.6. The van der Waals surface area contributed by atoms with E-state index in [1.165, 1.54) is 0 Å². The number of aliphatic hydroxyl groups is 1. The largest absolute Gasteiger partial charge is 0.394 e. The van der Waals surface area contributed by atoms with E-state index in [1.807, 2.05) is 26.8 Å². The van der Waals surface area contributed by atoms with Gasteiger partial charge in [0.2, 0.25) is 11.8 Å². The minimum atomic E-state index is -4.00. The molecule has 3 aromatic carbocycles. The molecule has 0 saturated carbocycles. The number of nitrogens with one attached hydrogen (secondary N) is 1. The van der Waals surface area contributed by atoms with Crippen LogP contribution in [0.1, 0.15) is 35.1 Å². The maximum Gasteiger partial charge on any atom is 0.264 e. The molecule has 3 aromatic rings. The molecule has 0 bridgehead atoms. The molecule has 38 heavy (non-hydrogen) atoms. The van der Waals surface area contributed by atoms with E-state index in [0.717, 1.165) is 26.6 Å². The van der Waals surface area contributed by atoms with Crippen LogP contribution in [0.25, 0.3) is 0 Å². The Morgan fingerprint density at radius 2 is 1.71 bits per heavy atom. The van der Waals surface area contributed by atoms with Crippen LogP contribution in [0.15, 0.2) is 71.6 Å². The van der Waals surface area contributed by atoms with Crippen LogP contribution in [-0.2, 0) is 26.2 Å². The van der Waals surface area contributed by atoms with E-state index < -0.39 is 15.9 Å². The monoisotopic (exact) mass is 535 g/mol. The fourth-order valence-electron chi connectivity index (χ4n) is 4.58. The van der Waals surface area contributed by atoms with Gasteiger partial charge in [-0.05, 0) is 74.2 Å². The van der Waals surface area contributed by atoms with Crippen LogP contribution < -0.4 is 14.5 Å². The third-order valence-electron chi connectivity index (χ3n) is 6.98. The molecule has 0 aromatic heterocycles. The molecule has 1 fully saturated rings. The smallest absolute Gasteiger partial charge is 0.264 e. The van der Waals surface area contributed by atoms with Crippen molar-refractivity contribution in [2.75, 3.05) is 22.4 Å². The highest BCUT2D eigenvalue weighted by Gasteiger charge is 2.31. The van der Waals surface area contributed by atoms with E-state index in [4.69, 9.17) is 0 Å².